The van der Waals surface area contributed by atoms with E-state index in [0.29, 0.717) is 30.4 Å². The number of benzene rings is 3. The lowest BCUT2D eigenvalue weighted by Crippen LogP contribution is -2.36. The monoisotopic (exact) mass is 587 g/mol. The second-order valence-electron chi connectivity index (χ2n) is 10.5. The fourth-order valence-electron chi connectivity index (χ4n) is 4.88. The van der Waals surface area contributed by atoms with Crippen molar-refractivity contribution >= 4 is 15.9 Å². The van der Waals surface area contributed by atoms with Crippen LogP contribution >= 0.6 is 0 Å². The molecule has 3 aromatic carbocycles. The number of hydrogen-bond acceptors (Lipinski definition) is 5. The fraction of sp³-hybridized carbons (Fsp3) is 0.367. The predicted molar refractivity (Wildman–Crippen MR) is 147 cm³/mol. The number of halogens is 3. The predicted octanol–water partition coefficient (Wildman–Crippen LogP) is 5.25. The van der Waals surface area contributed by atoms with Gasteiger partial charge in [-0.1, -0.05) is 48.5 Å². The number of rotatable bonds is 11. The number of carbonyl (C=O) groups is 1. The van der Waals surface area contributed by atoms with Gasteiger partial charge in [0.05, 0.1) is 29.1 Å². The van der Waals surface area contributed by atoms with E-state index in [4.69, 9.17) is 4.74 Å². The molecule has 2 atom stereocenters. The molecule has 5 rings (SSSR count). The van der Waals surface area contributed by atoms with Gasteiger partial charge in [-0.15, -0.1) is 0 Å². The highest BCUT2D eigenvalue weighted by molar-refractivity contribution is 7.89. The van der Waals surface area contributed by atoms with Gasteiger partial charge < -0.3 is 15.4 Å². The first-order valence-electron chi connectivity index (χ1n) is 13.6. The molecule has 218 valence electrons. The molecular weight excluding hydrogens is 555 g/mol. The summed E-state index contributed by atoms with van der Waals surface area (Å²) in [5.41, 5.74) is 1.36. The molecule has 1 aliphatic carbocycles. The van der Waals surface area contributed by atoms with Crippen molar-refractivity contribution in [3.8, 4) is 5.75 Å². The van der Waals surface area contributed by atoms with E-state index in [1.807, 2.05) is 18.2 Å². The number of fused-ring (bicyclic) bond motifs is 1. The highest BCUT2D eigenvalue weighted by Gasteiger charge is 2.33. The summed E-state index contributed by atoms with van der Waals surface area (Å²) in [6.45, 7) is 2.15. The van der Waals surface area contributed by atoms with Gasteiger partial charge in [-0.3, -0.25) is 4.79 Å². The van der Waals surface area contributed by atoms with Gasteiger partial charge in [0.25, 0.3) is 0 Å². The van der Waals surface area contributed by atoms with E-state index < -0.39 is 38.6 Å². The van der Waals surface area contributed by atoms with Crippen molar-refractivity contribution in [1.29, 1.82) is 0 Å². The lowest BCUT2D eigenvalue weighted by molar-refractivity contribution is -0.137. The average Bonchev–Trinajstić information content (AvgIpc) is 3.77. The third-order valence-corrected chi connectivity index (χ3v) is 8.74. The zero-order valence-corrected chi connectivity index (χ0v) is 23.1. The van der Waals surface area contributed by atoms with E-state index in [0.717, 1.165) is 48.3 Å². The first-order chi connectivity index (χ1) is 19.6. The van der Waals surface area contributed by atoms with Crippen LogP contribution in [0.2, 0.25) is 0 Å². The summed E-state index contributed by atoms with van der Waals surface area (Å²) in [5.74, 6) is 1.08. The third-order valence-electron chi connectivity index (χ3n) is 7.27. The molecule has 0 aromatic heterocycles. The Kier molecular flexibility index (Phi) is 8.67. The van der Waals surface area contributed by atoms with Crippen LogP contribution in [0.15, 0.2) is 77.7 Å². The Bertz CT molecular complexity index is 1480. The van der Waals surface area contributed by atoms with Gasteiger partial charge in [-0.25, -0.2) is 13.1 Å². The Morgan fingerprint density at radius 3 is 2.49 bits per heavy atom. The van der Waals surface area contributed by atoms with Gasteiger partial charge >= 0.3 is 6.18 Å². The van der Waals surface area contributed by atoms with E-state index in [1.54, 1.807) is 30.3 Å². The maximum absolute atomic E-state index is 13.2. The van der Waals surface area contributed by atoms with Crippen LogP contribution in [0.1, 0.15) is 60.0 Å². The molecule has 3 aromatic rings. The second kappa shape index (κ2) is 12.2. The summed E-state index contributed by atoms with van der Waals surface area (Å²) in [5, 5.41) is 6.45. The molecule has 0 saturated heterocycles. The Labute approximate surface area is 237 Å². The van der Waals surface area contributed by atoms with Crippen LogP contribution in [-0.2, 0) is 27.5 Å². The standard InChI is InChI=1S/C30H32F3N3O4S/c31-30(32,33)23-7-4-8-24(16-23)41(38,39)36-27(22-5-2-1-3-6-22)17-29(37)35-26-13-14-40-28-15-21(11-12-25(26)28)19-34-18-20-9-10-20/h1-8,11-12,15-16,20,26-27,34,36H,9-10,13-14,17-19H2,(H,35,37)/t26-,27?/m1/s1. The largest absolute Gasteiger partial charge is 0.493 e. The molecule has 3 N–H and O–H groups in total. The molecule has 41 heavy (non-hydrogen) atoms. The van der Waals surface area contributed by atoms with Crippen molar-refractivity contribution in [2.24, 2.45) is 5.92 Å². The number of sulfonamides is 1. The average molecular weight is 588 g/mol. The Hall–Kier alpha value is -3.41. The van der Waals surface area contributed by atoms with Crippen molar-refractivity contribution in [2.75, 3.05) is 13.2 Å². The quantitative estimate of drug-likeness (QED) is 0.285. The normalized spacial score (nSPS) is 17.8. The minimum Gasteiger partial charge on any atom is -0.493 e. The SMILES string of the molecule is O=C(CC(NS(=O)(=O)c1cccc(C(F)(F)F)c1)c1ccccc1)N[C@@H]1CCOc2cc(CNCC3CC3)ccc21. The lowest BCUT2D eigenvalue weighted by Gasteiger charge is -2.28. The van der Waals surface area contributed by atoms with E-state index in [-0.39, 0.29) is 12.5 Å². The molecule has 11 heteroatoms. The van der Waals surface area contributed by atoms with Crippen molar-refractivity contribution in [3.05, 3.63) is 95.1 Å². The van der Waals surface area contributed by atoms with Gasteiger partial charge in [0.1, 0.15) is 5.75 Å². The van der Waals surface area contributed by atoms with Gasteiger partial charge in [0.15, 0.2) is 0 Å². The van der Waals surface area contributed by atoms with Gasteiger partial charge in [-0.05, 0) is 60.7 Å². The van der Waals surface area contributed by atoms with Crippen molar-refractivity contribution in [2.45, 2.75) is 55.4 Å². The van der Waals surface area contributed by atoms with Crippen LogP contribution in [0.3, 0.4) is 0 Å². The fourth-order valence-corrected chi connectivity index (χ4v) is 6.15. The Morgan fingerprint density at radius 2 is 1.76 bits per heavy atom. The maximum atomic E-state index is 13.2. The highest BCUT2D eigenvalue weighted by Crippen LogP contribution is 2.34. The molecule has 0 bridgehead atoms. The molecular formula is C30H32F3N3O4S. The molecule has 7 nitrogen and oxygen atoms in total. The lowest BCUT2D eigenvalue weighted by atomic mass is 9.98. The van der Waals surface area contributed by atoms with E-state index in [2.05, 4.69) is 15.4 Å². The molecule has 1 amide bonds. The number of ether oxygens (including phenoxy) is 1. The molecule has 1 aliphatic heterocycles. The van der Waals surface area contributed by atoms with Crippen LogP contribution in [0.5, 0.6) is 5.75 Å². The summed E-state index contributed by atoms with van der Waals surface area (Å²) in [6.07, 6.45) is -1.85. The van der Waals surface area contributed by atoms with Crippen LogP contribution in [0.4, 0.5) is 13.2 Å². The smallest absolute Gasteiger partial charge is 0.416 e. The summed E-state index contributed by atoms with van der Waals surface area (Å²) < 4.78 is 74.2. The van der Waals surface area contributed by atoms with Crippen LogP contribution in [0.25, 0.3) is 0 Å². The van der Waals surface area contributed by atoms with Crippen molar-refractivity contribution in [3.63, 3.8) is 0 Å². The van der Waals surface area contributed by atoms with Gasteiger partial charge in [0.2, 0.25) is 15.9 Å². The molecule has 1 fully saturated rings. The molecule has 1 unspecified atom stereocenters. The first-order valence-corrected chi connectivity index (χ1v) is 15.1. The number of nitrogens with one attached hydrogen (secondary N) is 3. The topological polar surface area (TPSA) is 96.5 Å². The summed E-state index contributed by atoms with van der Waals surface area (Å²) in [6, 6.07) is 16.6. The van der Waals surface area contributed by atoms with E-state index in [1.165, 1.54) is 12.8 Å². The number of carbonyl (C=O) groups excluding carboxylic acids is 1. The molecule has 0 spiro atoms. The maximum Gasteiger partial charge on any atom is 0.416 e. The summed E-state index contributed by atoms with van der Waals surface area (Å²) >= 11 is 0. The zero-order valence-electron chi connectivity index (χ0n) is 22.3. The van der Waals surface area contributed by atoms with E-state index in [9.17, 15) is 26.4 Å². The van der Waals surface area contributed by atoms with E-state index >= 15 is 0 Å². The zero-order chi connectivity index (χ0) is 29.0. The van der Waals surface area contributed by atoms with Crippen molar-refractivity contribution in [1.82, 2.24) is 15.4 Å². The van der Waals surface area contributed by atoms with Gasteiger partial charge in [0, 0.05) is 24.9 Å². The van der Waals surface area contributed by atoms with Gasteiger partial charge in [-0.2, -0.15) is 13.2 Å². The summed E-state index contributed by atoms with van der Waals surface area (Å²) in [7, 11) is -4.39. The molecule has 1 heterocycles. The van der Waals surface area contributed by atoms with Crippen LogP contribution < -0.4 is 20.1 Å². The van der Waals surface area contributed by atoms with Crippen LogP contribution in [-0.4, -0.2) is 27.5 Å². The summed E-state index contributed by atoms with van der Waals surface area (Å²) in [4.78, 5) is 12.7. The highest BCUT2D eigenvalue weighted by atomic mass is 32.2. The molecule has 2 aliphatic rings. The number of hydrogen-bond donors (Lipinski definition) is 3. The minimum absolute atomic E-state index is 0.252. The molecule has 1 saturated carbocycles. The number of amides is 1. The second-order valence-corrected chi connectivity index (χ2v) is 12.2. The van der Waals surface area contributed by atoms with Crippen molar-refractivity contribution < 1.29 is 31.1 Å². The minimum atomic E-state index is -4.70. The Balaban J connectivity index is 1.29. The third kappa shape index (κ3) is 7.66. The first kappa shape index (κ1) is 29.1. The Morgan fingerprint density at radius 1 is 0.976 bits per heavy atom. The number of alkyl halides is 3. The van der Waals surface area contributed by atoms with Crippen LogP contribution in [0, 0.1) is 5.92 Å². The molecule has 0 radical (unpaired) electrons.